The van der Waals surface area contributed by atoms with Crippen LogP contribution < -0.4 is 4.74 Å². The SMILES string of the molecule is CC(C)c1nc2ccc(Oc3c(Br)cc(C(C)C(=O)O)cc3Br)cc2[nH]1. The lowest BCUT2D eigenvalue weighted by Gasteiger charge is -2.14. The Kier molecular flexibility index (Phi) is 5.39. The highest BCUT2D eigenvalue weighted by Crippen LogP contribution is 2.39. The average Bonchev–Trinajstić information content (AvgIpc) is 3.00. The highest BCUT2D eigenvalue weighted by molar-refractivity contribution is 9.11. The van der Waals surface area contributed by atoms with E-state index in [-0.39, 0.29) is 0 Å². The summed E-state index contributed by atoms with van der Waals surface area (Å²) in [6.45, 7) is 5.82. The molecule has 0 aliphatic heterocycles. The number of carboxylic acids is 1. The zero-order chi connectivity index (χ0) is 19.0. The van der Waals surface area contributed by atoms with E-state index in [1.165, 1.54) is 0 Å². The molecule has 0 aliphatic carbocycles. The van der Waals surface area contributed by atoms with Crippen LogP contribution in [-0.2, 0) is 4.79 Å². The number of carbonyl (C=O) groups is 1. The summed E-state index contributed by atoms with van der Waals surface area (Å²) in [5.74, 6) is 1.03. The lowest BCUT2D eigenvalue weighted by Crippen LogP contribution is -2.07. The number of imidazole rings is 1. The Morgan fingerprint density at radius 1 is 1.15 bits per heavy atom. The van der Waals surface area contributed by atoms with Gasteiger partial charge in [0.25, 0.3) is 0 Å². The van der Waals surface area contributed by atoms with Crippen molar-refractivity contribution in [3.8, 4) is 11.5 Å². The van der Waals surface area contributed by atoms with Crippen LogP contribution >= 0.6 is 31.9 Å². The van der Waals surface area contributed by atoms with E-state index in [0.717, 1.165) is 16.9 Å². The molecule has 0 saturated carbocycles. The van der Waals surface area contributed by atoms with Gasteiger partial charge in [-0.05, 0) is 68.6 Å². The second-order valence-corrected chi connectivity index (χ2v) is 8.14. The monoisotopic (exact) mass is 480 g/mol. The standard InChI is InChI=1S/C19H18Br2N2O3/c1-9(2)18-22-15-5-4-12(8-16(15)23-18)26-17-13(20)6-11(7-14(17)21)10(3)19(24)25/h4-10H,1-3H3,(H,22,23)(H,24,25). The molecule has 1 atom stereocenters. The summed E-state index contributed by atoms with van der Waals surface area (Å²) in [6.07, 6.45) is 0. The molecule has 0 fully saturated rings. The lowest BCUT2D eigenvalue weighted by molar-refractivity contribution is -0.138. The molecule has 1 aromatic heterocycles. The molecule has 7 heteroatoms. The van der Waals surface area contributed by atoms with Gasteiger partial charge in [-0.3, -0.25) is 4.79 Å². The number of hydrogen-bond donors (Lipinski definition) is 2. The largest absolute Gasteiger partial charge is 0.481 e. The number of benzene rings is 2. The molecule has 0 bridgehead atoms. The Balaban J connectivity index is 1.93. The number of nitrogens with one attached hydrogen (secondary N) is 1. The number of nitrogens with zero attached hydrogens (tertiary/aromatic N) is 1. The summed E-state index contributed by atoms with van der Waals surface area (Å²) < 4.78 is 7.39. The summed E-state index contributed by atoms with van der Waals surface area (Å²) in [7, 11) is 0. The molecule has 1 unspecified atom stereocenters. The van der Waals surface area contributed by atoms with Crippen LogP contribution in [0.5, 0.6) is 11.5 Å². The molecule has 0 amide bonds. The molecule has 26 heavy (non-hydrogen) atoms. The first-order valence-corrected chi connectivity index (χ1v) is 9.74. The first-order valence-electron chi connectivity index (χ1n) is 8.15. The van der Waals surface area contributed by atoms with Gasteiger partial charge in [0.15, 0.2) is 5.75 Å². The van der Waals surface area contributed by atoms with Crippen LogP contribution in [0.1, 0.15) is 44.0 Å². The number of H-pyrrole nitrogens is 1. The molecule has 2 N–H and O–H groups in total. The topological polar surface area (TPSA) is 75.2 Å². The van der Waals surface area contributed by atoms with E-state index < -0.39 is 11.9 Å². The third-order valence-corrected chi connectivity index (χ3v) is 5.31. The van der Waals surface area contributed by atoms with Gasteiger partial charge >= 0.3 is 5.97 Å². The summed E-state index contributed by atoms with van der Waals surface area (Å²) in [4.78, 5) is 19.1. The second kappa shape index (κ2) is 7.40. The van der Waals surface area contributed by atoms with Crippen LogP contribution in [0, 0.1) is 0 Å². The van der Waals surface area contributed by atoms with Crippen LogP contribution in [-0.4, -0.2) is 21.0 Å². The lowest BCUT2D eigenvalue weighted by atomic mass is 10.0. The van der Waals surface area contributed by atoms with E-state index in [2.05, 4.69) is 55.7 Å². The van der Waals surface area contributed by atoms with Crippen LogP contribution in [0.3, 0.4) is 0 Å². The van der Waals surface area contributed by atoms with E-state index >= 15 is 0 Å². The van der Waals surface area contributed by atoms with Crippen LogP contribution in [0.15, 0.2) is 39.3 Å². The molecule has 3 aromatic rings. The van der Waals surface area contributed by atoms with E-state index in [1.807, 2.05) is 18.2 Å². The predicted octanol–water partition coefficient (Wildman–Crippen LogP) is 6.19. The van der Waals surface area contributed by atoms with Gasteiger partial charge in [0, 0.05) is 12.0 Å². The number of rotatable bonds is 5. The third-order valence-electron chi connectivity index (χ3n) is 4.13. The Bertz CT molecular complexity index is 959. The number of fused-ring (bicyclic) bond motifs is 1. The van der Waals surface area contributed by atoms with Gasteiger partial charge in [0.1, 0.15) is 11.6 Å². The molecule has 1 heterocycles. The van der Waals surface area contributed by atoms with Crippen molar-refractivity contribution in [1.29, 1.82) is 0 Å². The van der Waals surface area contributed by atoms with E-state index in [0.29, 0.717) is 31.9 Å². The van der Waals surface area contributed by atoms with Gasteiger partial charge in [-0.15, -0.1) is 0 Å². The highest BCUT2D eigenvalue weighted by atomic mass is 79.9. The molecule has 3 rings (SSSR count). The molecule has 5 nitrogen and oxygen atoms in total. The summed E-state index contributed by atoms with van der Waals surface area (Å²) in [6, 6.07) is 9.21. The van der Waals surface area contributed by atoms with Crippen molar-refractivity contribution in [2.45, 2.75) is 32.6 Å². The summed E-state index contributed by atoms with van der Waals surface area (Å²) in [5.41, 5.74) is 2.49. The van der Waals surface area contributed by atoms with Gasteiger partial charge in [-0.1, -0.05) is 13.8 Å². The zero-order valence-electron chi connectivity index (χ0n) is 14.5. The van der Waals surface area contributed by atoms with Gasteiger partial charge in [-0.25, -0.2) is 4.98 Å². The average molecular weight is 482 g/mol. The predicted molar refractivity (Wildman–Crippen MR) is 108 cm³/mol. The van der Waals surface area contributed by atoms with E-state index in [4.69, 9.17) is 4.74 Å². The van der Waals surface area contributed by atoms with Crippen LogP contribution in [0.25, 0.3) is 11.0 Å². The minimum Gasteiger partial charge on any atom is -0.481 e. The molecule has 0 spiro atoms. The van der Waals surface area contributed by atoms with E-state index in [9.17, 15) is 9.90 Å². The molecule has 2 aromatic carbocycles. The second-order valence-electron chi connectivity index (χ2n) is 6.43. The molecule has 0 radical (unpaired) electrons. The maximum absolute atomic E-state index is 11.2. The van der Waals surface area contributed by atoms with E-state index in [1.54, 1.807) is 19.1 Å². The third kappa shape index (κ3) is 3.78. The number of hydrogen-bond acceptors (Lipinski definition) is 3. The number of aromatic nitrogens is 2. The minimum atomic E-state index is -0.872. The summed E-state index contributed by atoms with van der Waals surface area (Å²) in [5, 5.41) is 9.19. The number of aromatic amines is 1. The Morgan fingerprint density at radius 3 is 2.38 bits per heavy atom. The van der Waals surface area contributed by atoms with Crippen molar-refractivity contribution in [3.63, 3.8) is 0 Å². The normalized spacial score (nSPS) is 12.5. The Morgan fingerprint density at radius 2 is 1.81 bits per heavy atom. The van der Waals surface area contributed by atoms with Crippen LogP contribution in [0.2, 0.25) is 0 Å². The van der Waals surface area contributed by atoms with Crippen molar-refractivity contribution in [3.05, 3.63) is 50.7 Å². The number of ether oxygens (including phenoxy) is 1. The molecule has 136 valence electrons. The van der Waals surface area contributed by atoms with Crippen LogP contribution in [0.4, 0.5) is 0 Å². The summed E-state index contributed by atoms with van der Waals surface area (Å²) >= 11 is 6.96. The molecular weight excluding hydrogens is 464 g/mol. The fraction of sp³-hybridized carbons (Fsp3) is 0.263. The van der Waals surface area contributed by atoms with Crippen molar-refractivity contribution in [1.82, 2.24) is 9.97 Å². The Labute approximate surface area is 168 Å². The van der Waals surface area contributed by atoms with Gasteiger partial charge in [0.05, 0.1) is 25.9 Å². The molecular formula is C19H18Br2N2O3. The van der Waals surface area contributed by atoms with Gasteiger partial charge in [-0.2, -0.15) is 0 Å². The first kappa shape index (κ1) is 18.9. The molecule has 0 aliphatic rings. The van der Waals surface area contributed by atoms with Crippen molar-refractivity contribution in [2.24, 2.45) is 0 Å². The fourth-order valence-electron chi connectivity index (χ4n) is 2.53. The zero-order valence-corrected chi connectivity index (χ0v) is 17.7. The first-order chi connectivity index (χ1) is 12.3. The van der Waals surface area contributed by atoms with Crippen molar-refractivity contribution < 1.29 is 14.6 Å². The quantitative estimate of drug-likeness (QED) is 0.455. The number of aliphatic carboxylic acids is 1. The van der Waals surface area contributed by atoms with Gasteiger partial charge < -0.3 is 14.8 Å². The molecule has 0 saturated heterocycles. The van der Waals surface area contributed by atoms with Gasteiger partial charge in [0.2, 0.25) is 0 Å². The highest BCUT2D eigenvalue weighted by Gasteiger charge is 2.18. The maximum atomic E-state index is 11.2. The number of halogens is 2. The fourth-order valence-corrected chi connectivity index (χ4v) is 3.92. The Hall–Kier alpha value is -1.86. The maximum Gasteiger partial charge on any atom is 0.310 e. The minimum absolute atomic E-state index is 0.318. The van der Waals surface area contributed by atoms with Crippen molar-refractivity contribution in [2.75, 3.05) is 0 Å². The smallest absolute Gasteiger partial charge is 0.310 e. The van der Waals surface area contributed by atoms with Crippen molar-refractivity contribution >= 4 is 48.9 Å². The number of carboxylic acid groups (broad SMARTS) is 1.